The summed E-state index contributed by atoms with van der Waals surface area (Å²) < 4.78 is 18.5. The van der Waals surface area contributed by atoms with Crippen LogP contribution in [0.2, 0.25) is 0 Å². The Hall–Kier alpha value is -5.42. The summed E-state index contributed by atoms with van der Waals surface area (Å²) in [6, 6.07) is 38.6. The highest BCUT2D eigenvalue weighted by molar-refractivity contribution is 6.14. The van der Waals surface area contributed by atoms with Gasteiger partial charge in [0.05, 0.1) is 28.2 Å². The van der Waals surface area contributed by atoms with E-state index in [2.05, 4.69) is 115 Å². The van der Waals surface area contributed by atoms with Crippen molar-refractivity contribution in [3.8, 4) is 34.4 Å². The second-order valence-electron chi connectivity index (χ2n) is 22.2. The van der Waals surface area contributed by atoms with E-state index in [1.165, 1.54) is 155 Å². The third-order valence-electron chi connectivity index (χ3n) is 19.3. The standard InChI is InChI=1S/C55H46N4O/c1-3-8-40-36(6-1)37-12-13-46-50-51(37)56(40)42-10-5-11-43-49(42)55(50)58-44(20-35(21-47(58)60-46)53-23-29-14-30(24-53)16-31(15-29)25-53)45-22-39(54-26-32-17-33(27-54)19-34(18-32)28-54)48-38-7-2-4-9-41(38)57(43)52(48)59(45)55/h1-13,20-22,29-34H,14-19,23-28H2/q+2. The van der Waals surface area contributed by atoms with Gasteiger partial charge in [0.25, 0.3) is 5.69 Å². The van der Waals surface area contributed by atoms with Gasteiger partial charge in [-0.3, -0.25) is 0 Å². The molecule has 290 valence electrons. The molecule has 8 aliphatic carbocycles. The molecule has 12 aliphatic rings. The number of ether oxygens (including phenoxy) is 1. The summed E-state index contributed by atoms with van der Waals surface area (Å²) in [6.07, 6.45) is 16.9. The fraction of sp³-hybridized carbons (Fsp3) is 0.382. The quantitative estimate of drug-likeness (QED) is 0.161. The van der Waals surface area contributed by atoms with Crippen molar-refractivity contribution in [1.82, 2.24) is 9.13 Å². The number of rotatable bonds is 2. The molecule has 0 N–H and O–H groups in total. The van der Waals surface area contributed by atoms with E-state index >= 15 is 0 Å². The van der Waals surface area contributed by atoms with Crippen LogP contribution in [-0.2, 0) is 16.5 Å². The Bertz CT molecular complexity index is 3380. The van der Waals surface area contributed by atoms with E-state index in [1.54, 1.807) is 11.1 Å². The molecule has 20 rings (SSSR count). The molecule has 0 radical (unpaired) electrons. The van der Waals surface area contributed by atoms with E-state index in [9.17, 15) is 0 Å². The molecule has 4 aromatic carbocycles. The highest BCUT2D eigenvalue weighted by Crippen LogP contribution is 2.66. The first-order valence-electron chi connectivity index (χ1n) is 23.6. The molecular weight excluding hydrogens is 733 g/mol. The van der Waals surface area contributed by atoms with Crippen LogP contribution < -0.4 is 13.9 Å². The van der Waals surface area contributed by atoms with Crippen molar-refractivity contribution in [2.45, 2.75) is 93.5 Å². The topological polar surface area (TPSA) is 26.8 Å². The van der Waals surface area contributed by atoms with Crippen LogP contribution in [0.15, 0.2) is 97.1 Å². The maximum Gasteiger partial charge on any atom is 0.378 e. The Morgan fingerprint density at radius 3 is 1.82 bits per heavy atom. The zero-order valence-corrected chi connectivity index (χ0v) is 33.9. The van der Waals surface area contributed by atoms with Crippen LogP contribution >= 0.6 is 0 Å². The molecule has 5 heteroatoms. The molecular formula is C55H46N4O+2. The van der Waals surface area contributed by atoms with Gasteiger partial charge >= 0.3 is 17.2 Å². The van der Waals surface area contributed by atoms with Crippen LogP contribution in [0, 0.1) is 35.5 Å². The molecule has 1 unspecified atom stereocenters. The number of para-hydroxylation sites is 2. The SMILES string of the molecule is c1cc2c3c(c1)-n1c4ccccc4c4c(C56CC7CC(CC(C7)C5)C6)cc5[n+](c41)C31c3c(ccc4c6ccccc6n-2c34)Oc2cc(C34CC6CC(CC(C6)C3)C4)cc-5[n+]21. The van der Waals surface area contributed by atoms with E-state index in [4.69, 9.17) is 4.74 Å². The van der Waals surface area contributed by atoms with Gasteiger partial charge in [-0.1, -0.05) is 36.4 Å². The first-order chi connectivity index (χ1) is 29.6. The van der Waals surface area contributed by atoms with Gasteiger partial charge in [0.15, 0.2) is 11.4 Å². The molecule has 1 atom stereocenters. The van der Waals surface area contributed by atoms with Crippen molar-refractivity contribution >= 4 is 43.7 Å². The third-order valence-corrected chi connectivity index (χ3v) is 19.3. The number of aromatic nitrogens is 4. The summed E-state index contributed by atoms with van der Waals surface area (Å²) in [5, 5.41) is 5.57. The van der Waals surface area contributed by atoms with Crippen LogP contribution in [0.4, 0.5) is 0 Å². The molecule has 4 aliphatic heterocycles. The highest BCUT2D eigenvalue weighted by atomic mass is 16.5. The Morgan fingerprint density at radius 1 is 0.517 bits per heavy atom. The molecule has 8 aromatic rings. The average Bonchev–Trinajstić information content (AvgIpc) is 3.87. The molecule has 4 aromatic heterocycles. The number of hydrogen-bond donors (Lipinski definition) is 0. The summed E-state index contributed by atoms with van der Waals surface area (Å²) in [7, 11) is 0. The molecule has 0 saturated heterocycles. The van der Waals surface area contributed by atoms with E-state index in [1.807, 2.05) is 0 Å². The minimum Gasteiger partial charge on any atom is -0.404 e. The average molecular weight is 779 g/mol. The fourth-order valence-electron chi connectivity index (χ4n) is 18.4. The number of benzene rings is 4. The summed E-state index contributed by atoms with van der Waals surface area (Å²) in [6.45, 7) is 0. The normalized spacial score (nSPS) is 34.2. The first kappa shape index (κ1) is 30.6. The van der Waals surface area contributed by atoms with E-state index in [0.29, 0.717) is 0 Å². The second-order valence-corrected chi connectivity index (χ2v) is 22.2. The molecule has 60 heavy (non-hydrogen) atoms. The Kier molecular flexibility index (Phi) is 4.79. The minimum absolute atomic E-state index is 0.225. The third kappa shape index (κ3) is 3.07. The summed E-state index contributed by atoms with van der Waals surface area (Å²) in [5.74, 6) is 7.31. The molecule has 8 bridgehead atoms. The van der Waals surface area contributed by atoms with Gasteiger partial charge in [0.1, 0.15) is 16.6 Å². The summed E-state index contributed by atoms with van der Waals surface area (Å²) in [5.41, 5.74) is 16.4. The maximum absolute atomic E-state index is 7.52. The van der Waals surface area contributed by atoms with Gasteiger partial charge in [-0.2, -0.15) is 4.57 Å². The predicted molar refractivity (Wildman–Crippen MR) is 232 cm³/mol. The van der Waals surface area contributed by atoms with E-state index < -0.39 is 5.66 Å². The van der Waals surface area contributed by atoms with Crippen LogP contribution in [0.25, 0.3) is 66.5 Å². The van der Waals surface area contributed by atoms with Crippen molar-refractivity contribution in [1.29, 1.82) is 0 Å². The molecule has 1 spiro atoms. The van der Waals surface area contributed by atoms with Crippen molar-refractivity contribution in [2.75, 3.05) is 0 Å². The maximum atomic E-state index is 7.52. The lowest BCUT2D eigenvalue weighted by Gasteiger charge is -2.57. The number of pyridine rings is 2. The smallest absolute Gasteiger partial charge is 0.378 e. The summed E-state index contributed by atoms with van der Waals surface area (Å²) in [4.78, 5) is 0. The van der Waals surface area contributed by atoms with Gasteiger partial charge in [-0.15, -0.1) is 9.13 Å². The number of hydrogen-bond acceptors (Lipinski definition) is 1. The zero-order valence-electron chi connectivity index (χ0n) is 33.9. The van der Waals surface area contributed by atoms with Gasteiger partial charge in [0.2, 0.25) is 5.69 Å². The lowest BCUT2D eigenvalue weighted by atomic mass is 9.47. The number of fused-ring (bicyclic) bond motifs is 9. The van der Waals surface area contributed by atoms with Gasteiger partial charge in [-0.25, -0.2) is 0 Å². The van der Waals surface area contributed by atoms with Gasteiger partial charge < -0.3 is 9.30 Å². The largest absolute Gasteiger partial charge is 0.404 e. The minimum atomic E-state index is -0.633. The van der Waals surface area contributed by atoms with E-state index in [0.717, 1.165) is 47.1 Å². The number of nitrogens with zero attached hydrogens (tertiary/aromatic N) is 4. The zero-order chi connectivity index (χ0) is 38.2. The Labute approximate surface area is 348 Å². The molecule has 8 heterocycles. The molecule has 5 nitrogen and oxygen atoms in total. The van der Waals surface area contributed by atoms with Crippen LogP contribution in [0.5, 0.6) is 11.6 Å². The van der Waals surface area contributed by atoms with Crippen molar-refractivity contribution in [3.63, 3.8) is 0 Å². The fourth-order valence-corrected chi connectivity index (χ4v) is 18.4. The highest BCUT2D eigenvalue weighted by Gasteiger charge is 2.72. The van der Waals surface area contributed by atoms with Crippen LogP contribution in [0.3, 0.4) is 0 Å². The van der Waals surface area contributed by atoms with Crippen molar-refractivity contribution in [2.24, 2.45) is 35.5 Å². The van der Waals surface area contributed by atoms with E-state index in [-0.39, 0.29) is 10.8 Å². The van der Waals surface area contributed by atoms with Gasteiger partial charge in [0, 0.05) is 22.2 Å². The second kappa shape index (κ2) is 9.39. The Morgan fingerprint density at radius 2 is 1.12 bits per heavy atom. The monoisotopic (exact) mass is 778 g/mol. The molecule has 0 amide bonds. The lowest BCUT2D eigenvalue weighted by molar-refractivity contribution is -0.932. The Balaban J connectivity index is 1.07. The van der Waals surface area contributed by atoms with Crippen molar-refractivity contribution in [3.05, 3.63) is 119 Å². The first-order valence-corrected chi connectivity index (χ1v) is 23.6. The predicted octanol–water partition coefficient (Wildman–Crippen LogP) is 11.4. The summed E-state index contributed by atoms with van der Waals surface area (Å²) >= 11 is 0. The molecule has 8 saturated carbocycles. The van der Waals surface area contributed by atoms with Gasteiger partial charge in [-0.05, 0) is 183 Å². The molecule has 8 fully saturated rings. The van der Waals surface area contributed by atoms with Crippen LogP contribution in [-0.4, -0.2) is 9.13 Å². The van der Waals surface area contributed by atoms with Crippen molar-refractivity contribution < 1.29 is 13.9 Å². The van der Waals surface area contributed by atoms with Crippen LogP contribution in [0.1, 0.15) is 99.3 Å². The lowest BCUT2D eigenvalue weighted by Crippen LogP contribution is -2.75.